The zero-order valence-electron chi connectivity index (χ0n) is 85.1. The van der Waals surface area contributed by atoms with Crippen molar-refractivity contribution in [2.45, 2.75) is 295 Å². The number of aryl methyl sites for hydroxylation is 1. The average molecular weight is 1830 g/mol. The van der Waals surface area contributed by atoms with Gasteiger partial charge >= 0.3 is 39.0 Å². The molecule has 0 amide bonds. The van der Waals surface area contributed by atoms with E-state index in [0.717, 1.165) is 151 Å². The molecule has 664 valence electrons. The Bertz CT molecular complexity index is 6750. The molecule has 0 unspecified atom stereocenters. The molecule has 0 saturated carbocycles. The molecule has 0 fully saturated rings. The molecule has 10 heterocycles. The SMILES string of the molecule is Cc1cc(-c2c3nc(c(-c4cc(C(C)(C)C)cc(C(C)(C)C)c4)c4ccc([n-]4)c(-c4cc(C(C)(C)C)cc(C(C)(C)C)c4)c4nc(c(-c5c6nc(c(-c7cc(C(C)(C)C)cc(C(C)(C)C)c7)c7ccc([n-]7)c(-c7cc(C(C)(C)C)cc(C(C)(C)C)c7)c7nc(c(-c8cc(C(C)(C)C)cc(C(C)(C)C)c8)c8ccc5[n-]8)C=C7)C=C6)c5ccc2[n-]5)C=C4)C=C3)cc(C(C)(C)C)c1.[Zn+2].[Zn+2]. The summed E-state index contributed by atoms with van der Waals surface area (Å²) in [4.78, 5) is 48.8. The quantitative estimate of drug-likeness (QED) is 0.145. The van der Waals surface area contributed by atoms with Crippen molar-refractivity contribution < 1.29 is 39.0 Å². The van der Waals surface area contributed by atoms with E-state index in [2.05, 4.69) is 442 Å². The molecule has 0 spiro atoms. The van der Waals surface area contributed by atoms with Crippen molar-refractivity contribution >= 4 is 92.7 Å². The molecule has 6 aromatic carbocycles. The second-order valence-corrected chi connectivity index (χ2v) is 48.6. The maximum absolute atomic E-state index is 6.19. The summed E-state index contributed by atoms with van der Waals surface area (Å²) in [5.74, 6) is 0. The van der Waals surface area contributed by atoms with Crippen LogP contribution in [-0.4, -0.2) is 19.9 Å². The normalized spacial score (nSPS) is 13.6. The Balaban J connectivity index is 0.00000691. The Hall–Kier alpha value is -10.2. The number of aromatic nitrogens is 8. The number of hydrogen-bond acceptors (Lipinski definition) is 4. The molecule has 16 rings (SSSR count). The average Bonchev–Trinajstić information content (AvgIpc) is 1.59. The van der Waals surface area contributed by atoms with E-state index in [-0.39, 0.29) is 98.5 Å². The largest absolute Gasteiger partial charge is 2.00 e. The molecule has 4 aliphatic heterocycles. The monoisotopic (exact) mass is 1830 g/mol. The van der Waals surface area contributed by atoms with E-state index < -0.39 is 0 Å². The first-order valence-electron chi connectivity index (χ1n) is 46.8. The van der Waals surface area contributed by atoms with Crippen LogP contribution in [0.1, 0.15) is 341 Å². The van der Waals surface area contributed by atoms with Gasteiger partial charge in [0.25, 0.3) is 0 Å². The molecule has 12 aromatic rings. The Morgan fingerprint density at radius 1 is 0.160 bits per heavy atom. The molecule has 6 aromatic heterocycles. The maximum atomic E-state index is 6.19. The van der Waals surface area contributed by atoms with Gasteiger partial charge < -0.3 is 19.9 Å². The molecular formula is C121H136N8Zn2. The fourth-order valence-corrected chi connectivity index (χ4v) is 18.0. The minimum atomic E-state index is -0.223. The van der Waals surface area contributed by atoms with Gasteiger partial charge in [0.15, 0.2) is 0 Å². The molecule has 0 saturated heterocycles. The summed E-state index contributed by atoms with van der Waals surface area (Å²) in [6, 6.07) is 60.7. The summed E-state index contributed by atoms with van der Waals surface area (Å²) in [7, 11) is 0. The van der Waals surface area contributed by atoms with Crippen molar-refractivity contribution in [3.05, 3.63) is 270 Å². The molecule has 8 nitrogen and oxygen atoms in total. The summed E-state index contributed by atoms with van der Waals surface area (Å²) in [6.07, 6.45) is 17.7. The summed E-state index contributed by atoms with van der Waals surface area (Å²) in [5.41, 5.74) is 38.0. The number of hydrogen-bond donors (Lipinski definition) is 0. The van der Waals surface area contributed by atoms with Gasteiger partial charge in [-0.05, 0) is 254 Å². The van der Waals surface area contributed by atoms with Gasteiger partial charge in [0, 0.05) is 0 Å². The van der Waals surface area contributed by atoms with Crippen molar-refractivity contribution in [1.29, 1.82) is 0 Å². The van der Waals surface area contributed by atoms with Crippen molar-refractivity contribution in [2.75, 3.05) is 0 Å². The summed E-state index contributed by atoms with van der Waals surface area (Å²) in [6.45, 7) is 78.6. The van der Waals surface area contributed by atoms with Crippen molar-refractivity contribution in [2.24, 2.45) is 0 Å². The second kappa shape index (κ2) is 33.7. The Morgan fingerprint density at radius 2 is 0.282 bits per heavy atom. The van der Waals surface area contributed by atoms with Gasteiger partial charge in [-0.25, -0.2) is 19.9 Å². The molecule has 10 heteroatoms. The van der Waals surface area contributed by atoms with Crippen LogP contribution in [0.4, 0.5) is 0 Å². The topological polar surface area (TPSA) is 108 Å². The van der Waals surface area contributed by atoms with E-state index in [1.54, 1.807) is 0 Å². The standard InChI is InChI=1S/C121H136N8.2Zn/c1-69-51-70(53-76(52-69)111(2,3)4)103-87-35-36-89(122-87)104(71-54-77(112(5,6)7)64-78(55-71)113(8,9)10)90-37-40-93(123-90)106(73-58-81(116(17,18)19)66-82(59-73)117(20,21)22)96-44-48-100(127-96)109(99-47-43-88(103)126-99)110-101-49-45-97(128-101)107(74-60-83(118(23,24)25)67-84(61-74)119(26,27)28)94-41-38-91(124-94)105(72-56-79(114(11,12)13)65-80(57-72)115(14,15)16)92-39-42-95(125-92)108(98-46-50-102(110)129-98)75-62-85(120(29,30)31)68-86(63-75)121(32,33)34;;/h35-68H,1-34H3;;/q-4;2*+2. The first-order valence-corrected chi connectivity index (χ1v) is 46.8. The predicted molar refractivity (Wildman–Crippen MR) is 556 cm³/mol. The first-order chi connectivity index (χ1) is 59.7. The first kappa shape index (κ1) is 96.8. The zero-order valence-corrected chi connectivity index (χ0v) is 91.1. The zero-order chi connectivity index (χ0) is 93.4. The van der Waals surface area contributed by atoms with Crippen LogP contribution in [-0.2, 0) is 98.5 Å². The molecule has 0 aliphatic carbocycles. The van der Waals surface area contributed by atoms with Crippen LogP contribution in [0.5, 0.6) is 0 Å². The molecular weight excluding hydrogens is 1700 g/mol. The predicted octanol–water partition coefficient (Wildman–Crippen LogP) is 32.4. The number of benzene rings is 6. The van der Waals surface area contributed by atoms with Crippen LogP contribution < -0.4 is 19.9 Å². The van der Waals surface area contributed by atoms with Gasteiger partial charge in [0.05, 0.1) is 45.6 Å². The fraction of sp³-hybridized carbons (Fsp3) is 0.372. The maximum Gasteiger partial charge on any atom is 2.00 e. The minimum Gasteiger partial charge on any atom is -0.657 e. The van der Waals surface area contributed by atoms with E-state index in [4.69, 9.17) is 39.9 Å². The number of rotatable bonds is 7. The molecule has 0 atom stereocenters. The van der Waals surface area contributed by atoms with Crippen LogP contribution in [0.2, 0.25) is 0 Å². The van der Waals surface area contributed by atoms with Gasteiger partial charge in [-0.15, -0.1) is 44.1 Å². The van der Waals surface area contributed by atoms with Crippen molar-refractivity contribution in [3.8, 4) is 77.9 Å². The minimum absolute atomic E-state index is 0. The molecule has 4 aliphatic rings. The van der Waals surface area contributed by atoms with Crippen LogP contribution >= 0.6 is 0 Å². The molecule has 0 radical (unpaired) electrons. The van der Waals surface area contributed by atoms with Gasteiger partial charge in [-0.2, -0.15) is 0 Å². The van der Waals surface area contributed by atoms with Crippen LogP contribution in [0, 0.1) is 6.92 Å². The van der Waals surface area contributed by atoms with Crippen LogP contribution in [0.25, 0.3) is 171 Å². The smallest absolute Gasteiger partial charge is 0.657 e. The fourth-order valence-electron chi connectivity index (χ4n) is 18.0. The third kappa shape index (κ3) is 19.5. The van der Waals surface area contributed by atoms with E-state index >= 15 is 0 Å². The van der Waals surface area contributed by atoms with E-state index in [1.165, 1.54) is 61.2 Å². The van der Waals surface area contributed by atoms with Gasteiger partial charge in [-0.1, -0.05) is 392 Å². The summed E-state index contributed by atoms with van der Waals surface area (Å²) >= 11 is 0. The van der Waals surface area contributed by atoms with Gasteiger partial charge in [0.2, 0.25) is 0 Å². The summed E-state index contributed by atoms with van der Waals surface area (Å²) in [5, 5.41) is 0. The summed E-state index contributed by atoms with van der Waals surface area (Å²) < 4.78 is 0. The molecule has 0 N–H and O–H groups in total. The van der Waals surface area contributed by atoms with Gasteiger partial charge in [0.1, 0.15) is 0 Å². The van der Waals surface area contributed by atoms with Crippen molar-refractivity contribution in [1.82, 2.24) is 39.9 Å². The van der Waals surface area contributed by atoms with Crippen LogP contribution in [0.3, 0.4) is 0 Å². The van der Waals surface area contributed by atoms with Gasteiger partial charge in [-0.3, -0.25) is 0 Å². The van der Waals surface area contributed by atoms with E-state index in [0.29, 0.717) is 22.4 Å². The Labute approximate surface area is 808 Å². The Kier molecular flexibility index (Phi) is 24.9. The Morgan fingerprint density at radius 3 is 0.427 bits per heavy atom. The third-order valence-electron chi connectivity index (χ3n) is 26.5. The van der Waals surface area contributed by atoms with E-state index in [9.17, 15) is 0 Å². The number of fused-ring (bicyclic) bond motifs is 16. The van der Waals surface area contributed by atoms with Crippen molar-refractivity contribution in [3.63, 3.8) is 0 Å². The molecule has 131 heavy (non-hydrogen) atoms. The second-order valence-electron chi connectivity index (χ2n) is 48.6. The number of nitrogens with zero attached hydrogens (tertiary/aromatic N) is 8. The van der Waals surface area contributed by atoms with E-state index in [1.807, 2.05) is 0 Å². The third-order valence-corrected chi connectivity index (χ3v) is 26.5. The molecule has 16 bridgehead atoms. The van der Waals surface area contributed by atoms with Crippen LogP contribution in [0.15, 0.2) is 158 Å².